The van der Waals surface area contributed by atoms with Crippen LogP contribution < -0.4 is 5.32 Å². The van der Waals surface area contributed by atoms with Crippen molar-refractivity contribution in [3.05, 3.63) is 34.9 Å². The number of hydrogen-bond acceptors (Lipinski definition) is 2. The molecule has 0 spiro atoms. The predicted molar refractivity (Wildman–Crippen MR) is 74.2 cm³/mol. The van der Waals surface area contributed by atoms with Gasteiger partial charge >= 0.3 is 5.97 Å². The largest absolute Gasteiger partial charge is 0.481 e. The van der Waals surface area contributed by atoms with Crippen LogP contribution in [0.25, 0.3) is 0 Å². The normalized spacial score (nSPS) is 11.9. The monoisotopic (exact) mass is 263 g/mol. The molecule has 0 aliphatic rings. The summed E-state index contributed by atoms with van der Waals surface area (Å²) in [6, 6.07) is 5.89. The second-order valence-electron chi connectivity index (χ2n) is 4.74. The lowest BCUT2D eigenvalue weighted by atomic mass is 9.89. The minimum atomic E-state index is -0.876. The van der Waals surface area contributed by atoms with Crippen LogP contribution in [0.2, 0.25) is 0 Å². The van der Waals surface area contributed by atoms with Crippen molar-refractivity contribution in [2.75, 3.05) is 6.54 Å². The van der Waals surface area contributed by atoms with Gasteiger partial charge in [0.2, 0.25) is 5.91 Å². The molecule has 104 valence electrons. The van der Waals surface area contributed by atoms with Crippen molar-refractivity contribution in [3.8, 4) is 0 Å². The maximum Gasteiger partial charge on any atom is 0.303 e. The molecule has 1 aromatic rings. The van der Waals surface area contributed by atoms with Crippen molar-refractivity contribution in [1.82, 2.24) is 5.32 Å². The number of benzene rings is 1. The van der Waals surface area contributed by atoms with E-state index in [1.54, 1.807) is 0 Å². The maximum atomic E-state index is 12.1. The van der Waals surface area contributed by atoms with Gasteiger partial charge in [-0.3, -0.25) is 9.59 Å². The summed E-state index contributed by atoms with van der Waals surface area (Å²) in [7, 11) is 0. The van der Waals surface area contributed by atoms with E-state index in [1.807, 2.05) is 39.0 Å². The highest BCUT2D eigenvalue weighted by atomic mass is 16.4. The molecule has 0 fully saturated rings. The van der Waals surface area contributed by atoms with E-state index in [1.165, 1.54) is 0 Å². The third-order valence-electron chi connectivity index (χ3n) is 3.12. The lowest BCUT2D eigenvalue weighted by Gasteiger charge is -2.18. The van der Waals surface area contributed by atoms with E-state index in [9.17, 15) is 9.59 Å². The first-order valence-corrected chi connectivity index (χ1v) is 6.52. The molecule has 0 aliphatic carbocycles. The fourth-order valence-electron chi connectivity index (χ4n) is 2.21. The van der Waals surface area contributed by atoms with Gasteiger partial charge in [-0.15, -0.1) is 0 Å². The molecule has 19 heavy (non-hydrogen) atoms. The minimum absolute atomic E-state index is 0.00484. The molecule has 0 bridgehead atoms. The quantitative estimate of drug-likeness (QED) is 0.828. The maximum absolute atomic E-state index is 12.1. The number of rotatable bonds is 6. The summed E-state index contributed by atoms with van der Waals surface area (Å²) in [5, 5.41) is 11.6. The smallest absolute Gasteiger partial charge is 0.303 e. The van der Waals surface area contributed by atoms with Crippen LogP contribution in [0.1, 0.15) is 42.4 Å². The fraction of sp³-hybridized carbons (Fsp3) is 0.467. The molecule has 1 atom stereocenters. The first kappa shape index (κ1) is 15.2. The SMILES string of the molecule is CCNC(=O)C(CCC(=O)O)c1ccc(C)cc1C. The first-order valence-electron chi connectivity index (χ1n) is 6.52. The number of carbonyl (C=O) groups is 2. The van der Waals surface area contributed by atoms with Gasteiger partial charge in [0.25, 0.3) is 0 Å². The minimum Gasteiger partial charge on any atom is -0.481 e. The summed E-state index contributed by atoms with van der Waals surface area (Å²) in [4.78, 5) is 22.8. The topological polar surface area (TPSA) is 66.4 Å². The van der Waals surface area contributed by atoms with Crippen molar-refractivity contribution in [1.29, 1.82) is 0 Å². The summed E-state index contributed by atoms with van der Waals surface area (Å²) >= 11 is 0. The molecule has 1 unspecified atom stereocenters. The number of aliphatic carboxylic acids is 1. The molecule has 0 saturated heterocycles. The number of carboxylic acids is 1. The molecule has 4 heteroatoms. The Hall–Kier alpha value is -1.84. The molecule has 4 nitrogen and oxygen atoms in total. The van der Waals surface area contributed by atoms with Crippen LogP contribution in [0.5, 0.6) is 0 Å². The van der Waals surface area contributed by atoms with Crippen LogP contribution in [0.4, 0.5) is 0 Å². The molecule has 1 aromatic carbocycles. The summed E-state index contributed by atoms with van der Waals surface area (Å²) < 4.78 is 0. The summed E-state index contributed by atoms with van der Waals surface area (Å²) in [6.45, 7) is 6.35. The third-order valence-corrected chi connectivity index (χ3v) is 3.12. The Labute approximate surface area is 113 Å². The number of likely N-dealkylation sites (N-methyl/N-ethyl adjacent to an activating group) is 1. The van der Waals surface area contributed by atoms with Gasteiger partial charge in [-0.1, -0.05) is 23.8 Å². The zero-order valence-corrected chi connectivity index (χ0v) is 11.7. The average Bonchev–Trinajstić information content (AvgIpc) is 2.31. The Morgan fingerprint density at radius 3 is 2.53 bits per heavy atom. The number of hydrogen-bond donors (Lipinski definition) is 2. The zero-order chi connectivity index (χ0) is 14.4. The second kappa shape index (κ2) is 6.92. The lowest BCUT2D eigenvalue weighted by molar-refractivity contribution is -0.137. The van der Waals surface area contributed by atoms with E-state index in [2.05, 4.69) is 5.32 Å². The Bertz CT molecular complexity index is 468. The Balaban J connectivity index is 3.00. The highest BCUT2D eigenvalue weighted by Gasteiger charge is 2.22. The molecule has 0 aliphatic heterocycles. The Kier molecular flexibility index (Phi) is 5.55. The number of amides is 1. The first-order chi connectivity index (χ1) is 8.95. The Morgan fingerprint density at radius 1 is 1.32 bits per heavy atom. The predicted octanol–water partition coefficient (Wildman–Crippen LogP) is 2.39. The third kappa shape index (κ3) is 4.39. The van der Waals surface area contributed by atoms with Crippen LogP contribution in [0.15, 0.2) is 18.2 Å². The summed E-state index contributed by atoms with van der Waals surface area (Å²) in [6.07, 6.45) is 0.320. The van der Waals surface area contributed by atoms with Gasteiger partial charge in [0.15, 0.2) is 0 Å². The van der Waals surface area contributed by atoms with Crippen LogP contribution in [-0.2, 0) is 9.59 Å². The van der Waals surface area contributed by atoms with Crippen molar-refractivity contribution >= 4 is 11.9 Å². The van der Waals surface area contributed by atoms with E-state index >= 15 is 0 Å². The zero-order valence-electron chi connectivity index (χ0n) is 11.7. The van der Waals surface area contributed by atoms with Crippen LogP contribution >= 0.6 is 0 Å². The molecule has 0 radical (unpaired) electrons. The summed E-state index contributed by atoms with van der Waals surface area (Å²) in [5.74, 6) is -1.37. The second-order valence-corrected chi connectivity index (χ2v) is 4.74. The number of aryl methyl sites for hydroxylation is 2. The fourth-order valence-corrected chi connectivity index (χ4v) is 2.21. The van der Waals surface area contributed by atoms with E-state index in [0.29, 0.717) is 13.0 Å². The van der Waals surface area contributed by atoms with Gasteiger partial charge in [0.05, 0.1) is 5.92 Å². The summed E-state index contributed by atoms with van der Waals surface area (Å²) in [5.41, 5.74) is 3.08. The van der Waals surface area contributed by atoms with Crippen LogP contribution in [-0.4, -0.2) is 23.5 Å². The molecule has 1 amide bonds. The van der Waals surface area contributed by atoms with E-state index in [-0.39, 0.29) is 12.3 Å². The van der Waals surface area contributed by atoms with E-state index in [0.717, 1.165) is 16.7 Å². The van der Waals surface area contributed by atoms with Crippen molar-refractivity contribution in [2.45, 2.75) is 39.5 Å². The molecular weight excluding hydrogens is 242 g/mol. The van der Waals surface area contributed by atoms with E-state index < -0.39 is 11.9 Å². The average molecular weight is 263 g/mol. The Morgan fingerprint density at radius 2 is 2.00 bits per heavy atom. The van der Waals surface area contributed by atoms with Crippen molar-refractivity contribution in [2.24, 2.45) is 0 Å². The van der Waals surface area contributed by atoms with Gasteiger partial charge in [0.1, 0.15) is 0 Å². The van der Waals surface area contributed by atoms with Gasteiger partial charge in [-0.2, -0.15) is 0 Å². The van der Waals surface area contributed by atoms with E-state index in [4.69, 9.17) is 5.11 Å². The van der Waals surface area contributed by atoms with Gasteiger partial charge in [-0.05, 0) is 38.3 Å². The van der Waals surface area contributed by atoms with Crippen molar-refractivity contribution < 1.29 is 14.7 Å². The van der Waals surface area contributed by atoms with Gasteiger partial charge in [-0.25, -0.2) is 0 Å². The molecule has 0 heterocycles. The lowest BCUT2D eigenvalue weighted by Crippen LogP contribution is -2.30. The number of carbonyl (C=O) groups excluding carboxylic acids is 1. The van der Waals surface area contributed by atoms with Crippen LogP contribution in [0, 0.1) is 13.8 Å². The molecule has 0 aromatic heterocycles. The van der Waals surface area contributed by atoms with Crippen molar-refractivity contribution in [3.63, 3.8) is 0 Å². The molecular formula is C15H21NO3. The standard InChI is InChI=1S/C15H21NO3/c1-4-16-15(19)13(7-8-14(17)18)12-6-5-10(2)9-11(12)3/h5-6,9,13H,4,7-8H2,1-3H3,(H,16,19)(H,17,18). The molecule has 2 N–H and O–H groups in total. The highest BCUT2D eigenvalue weighted by Crippen LogP contribution is 2.25. The highest BCUT2D eigenvalue weighted by molar-refractivity contribution is 5.84. The number of nitrogens with one attached hydrogen (secondary N) is 1. The molecule has 0 saturated carbocycles. The molecule has 1 rings (SSSR count). The van der Waals surface area contributed by atoms with Crippen LogP contribution in [0.3, 0.4) is 0 Å². The van der Waals surface area contributed by atoms with Gasteiger partial charge in [0, 0.05) is 13.0 Å². The van der Waals surface area contributed by atoms with Gasteiger partial charge < -0.3 is 10.4 Å². The number of carboxylic acid groups (broad SMARTS) is 1.